The first kappa shape index (κ1) is 9.71. The van der Waals surface area contributed by atoms with E-state index in [9.17, 15) is 0 Å². The first-order valence-electron chi connectivity index (χ1n) is 5.58. The van der Waals surface area contributed by atoms with Gasteiger partial charge in [0.25, 0.3) is 0 Å². The van der Waals surface area contributed by atoms with Crippen LogP contribution in [-0.2, 0) is 6.54 Å². The van der Waals surface area contributed by atoms with Gasteiger partial charge in [0.1, 0.15) is 5.82 Å². The van der Waals surface area contributed by atoms with Crippen molar-refractivity contribution in [2.24, 2.45) is 0 Å². The van der Waals surface area contributed by atoms with E-state index in [0.717, 1.165) is 18.8 Å². The topological polar surface area (TPSA) is 29.9 Å². The van der Waals surface area contributed by atoms with Crippen molar-refractivity contribution in [3.63, 3.8) is 0 Å². The Bertz CT molecular complexity index is 303. The molecule has 0 spiro atoms. The summed E-state index contributed by atoms with van der Waals surface area (Å²) >= 11 is 0. The van der Waals surface area contributed by atoms with Crippen molar-refractivity contribution < 1.29 is 0 Å². The summed E-state index contributed by atoms with van der Waals surface area (Å²) in [6.45, 7) is 6.54. The average Bonchev–Trinajstić information content (AvgIpc) is 2.43. The summed E-state index contributed by atoms with van der Waals surface area (Å²) in [7, 11) is 0. The number of aromatic nitrogens is 2. The number of fused-ring (bicyclic) bond motifs is 1. The Kier molecular flexibility index (Phi) is 2.87. The predicted molar refractivity (Wildman–Crippen MR) is 57.2 cm³/mol. The van der Waals surface area contributed by atoms with Crippen LogP contribution in [0, 0.1) is 6.92 Å². The van der Waals surface area contributed by atoms with E-state index >= 15 is 0 Å². The zero-order valence-electron chi connectivity index (χ0n) is 9.08. The molecule has 14 heavy (non-hydrogen) atoms. The van der Waals surface area contributed by atoms with Crippen LogP contribution in [0.1, 0.15) is 43.7 Å². The van der Waals surface area contributed by atoms with Crippen molar-refractivity contribution in [3.05, 3.63) is 17.7 Å². The highest BCUT2D eigenvalue weighted by atomic mass is 15.1. The standard InChI is InChI=1S/C11H19N3/c1-3-5-10-11-13-9(2)8-14(11)7-4-6-12-10/h8,10,12H,3-7H2,1-2H3. The fraction of sp³-hybridized carbons (Fsp3) is 0.727. The first-order chi connectivity index (χ1) is 6.81. The molecule has 2 rings (SSSR count). The van der Waals surface area contributed by atoms with Crippen LogP contribution in [0.25, 0.3) is 0 Å². The molecule has 0 bridgehead atoms. The minimum Gasteiger partial charge on any atom is -0.333 e. The maximum Gasteiger partial charge on any atom is 0.126 e. The maximum atomic E-state index is 4.61. The second-order valence-electron chi connectivity index (χ2n) is 4.08. The number of imidazole rings is 1. The first-order valence-corrected chi connectivity index (χ1v) is 5.58. The minimum absolute atomic E-state index is 0.469. The van der Waals surface area contributed by atoms with Gasteiger partial charge >= 0.3 is 0 Å². The third kappa shape index (κ3) is 1.82. The SMILES string of the molecule is CCCC1NCCCn2cc(C)nc21. The molecule has 1 aliphatic rings. The summed E-state index contributed by atoms with van der Waals surface area (Å²) in [5.41, 5.74) is 1.14. The fourth-order valence-corrected chi connectivity index (χ4v) is 2.16. The Balaban J connectivity index is 2.26. The van der Waals surface area contributed by atoms with Gasteiger partial charge in [0.2, 0.25) is 0 Å². The average molecular weight is 193 g/mol. The van der Waals surface area contributed by atoms with E-state index in [1.807, 2.05) is 0 Å². The molecule has 0 radical (unpaired) electrons. The molecule has 0 saturated carbocycles. The summed E-state index contributed by atoms with van der Waals surface area (Å²) in [5.74, 6) is 1.24. The second-order valence-corrected chi connectivity index (χ2v) is 4.08. The molecular weight excluding hydrogens is 174 g/mol. The molecular formula is C11H19N3. The van der Waals surface area contributed by atoms with E-state index in [4.69, 9.17) is 0 Å². The van der Waals surface area contributed by atoms with Gasteiger partial charge in [-0.2, -0.15) is 0 Å². The highest BCUT2D eigenvalue weighted by molar-refractivity contribution is 5.07. The van der Waals surface area contributed by atoms with Crippen LogP contribution in [0.15, 0.2) is 6.20 Å². The van der Waals surface area contributed by atoms with Crippen LogP contribution in [0.3, 0.4) is 0 Å². The minimum atomic E-state index is 0.469. The van der Waals surface area contributed by atoms with Crippen LogP contribution in [0.5, 0.6) is 0 Å². The van der Waals surface area contributed by atoms with Gasteiger partial charge < -0.3 is 9.88 Å². The molecule has 1 aromatic heterocycles. The Morgan fingerprint density at radius 3 is 3.29 bits per heavy atom. The Morgan fingerprint density at radius 1 is 1.64 bits per heavy atom. The quantitative estimate of drug-likeness (QED) is 0.778. The van der Waals surface area contributed by atoms with Crippen molar-refractivity contribution >= 4 is 0 Å². The largest absolute Gasteiger partial charge is 0.333 e. The maximum absolute atomic E-state index is 4.61. The molecule has 1 N–H and O–H groups in total. The van der Waals surface area contributed by atoms with Crippen LogP contribution in [-0.4, -0.2) is 16.1 Å². The fourth-order valence-electron chi connectivity index (χ4n) is 2.16. The third-order valence-corrected chi connectivity index (χ3v) is 2.78. The van der Waals surface area contributed by atoms with E-state index in [1.165, 1.54) is 25.1 Å². The Hall–Kier alpha value is -0.830. The van der Waals surface area contributed by atoms with Crippen LogP contribution >= 0.6 is 0 Å². The van der Waals surface area contributed by atoms with E-state index < -0.39 is 0 Å². The predicted octanol–water partition coefficient (Wildman–Crippen LogP) is 2.03. The lowest BCUT2D eigenvalue weighted by Crippen LogP contribution is -2.21. The van der Waals surface area contributed by atoms with Crippen molar-refractivity contribution in [2.75, 3.05) is 6.54 Å². The zero-order chi connectivity index (χ0) is 9.97. The Morgan fingerprint density at radius 2 is 2.50 bits per heavy atom. The van der Waals surface area contributed by atoms with E-state index in [2.05, 4.69) is 34.9 Å². The smallest absolute Gasteiger partial charge is 0.126 e. The van der Waals surface area contributed by atoms with Gasteiger partial charge in [0.15, 0.2) is 0 Å². The van der Waals surface area contributed by atoms with Crippen LogP contribution in [0.2, 0.25) is 0 Å². The van der Waals surface area contributed by atoms with Gasteiger partial charge in [0, 0.05) is 12.7 Å². The molecule has 0 amide bonds. The zero-order valence-corrected chi connectivity index (χ0v) is 9.08. The van der Waals surface area contributed by atoms with E-state index in [0.29, 0.717) is 6.04 Å². The van der Waals surface area contributed by atoms with Gasteiger partial charge in [-0.15, -0.1) is 0 Å². The summed E-state index contributed by atoms with van der Waals surface area (Å²) in [5, 5.41) is 3.57. The molecule has 2 heterocycles. The molecule has 3 nitrogen and oxygen atoms in total. The van der Waals surface area contributed by atoms with Crippen molar-refractivity contribution in [3.8, 4) is 0 Å². The summed E-state index contributed by atoms with van der Waals surface area (Å²) < 4.78 is 2.32. The molecule has 0 aromatic carbocycles. The highest BCUT2D eigenvalue weighted by Crippen LogP contribution is 2.20. The van der Waals surface area contributed by atoms with E-state index in [1.54, 1.807) is 0 Å². The number of nitrogens with one attached hydrogen (secondary N) is 1. The van der Waals surface area contributed by atoms with E-state index in [-0.39, 0.29) is 0 Å². The molecule has 1 aliphatic heterocycles. The van der Waals surface area contributed by atoms with Gasteiger partial charge in [-0.05, 0) is 26.3 Å². The molecule has 0 fully saturated rings. The Labute approximate surface area is 85.5 Å². The van der Waals surface area contributed by atoms with Crippen molar-refractivity contribution in [1.29, 1.82) is 0 Å². The lowest BCUT2D eigenvalue weighted by molar-refractivity contribution is 0.488. The number of rotatable bonds is 2. The summed E-state index contributed by atoms with van der Waals surface area (Å²) in [6, 6.07) is 0.469. The number of nitrogens with zero attached hydrogens (tertiary/aromatic N) is 2. The lowest BCUT2D eigenvalue weighted by Gasteiger charge is -2.14. The molecule has 0 aliphatic carbocycles. The molecule has 3 heteroatoms. The second kappa shape index (κ2) is 4.13. The third-order valence-electron chi connectivity index (χ3n) is 2.78. The molecule has 1 unspecified atom stereocenters. The van der Waals surface area contributed by atoms with Crippen LogP contribution < -0.4 is 5.32 Å². The molecule has 1 aromatic rings. The van der Waals surface area contributed by atoms with Crippen LogP contribution in [0.4, 0.5) is 0 Å². The summed E-state index contributed by atoms with van der Waals surface area (Å²) in [6.07, 6.45) is 5.79. The number of aryl methyl sites for hydroxylation is 2. The van der Waals surface area contributed by atoms with Gasteiger partial charge in [-0.25, -0.2) is 4.98 Å². The molecule has 1 atom stereocenters. The molecule has 0 saturated heterocycles. The highest BCUT2D eigenvalue weighted by Gasteiger charge is 2.19. The van der Waals surface area contributed by atoms with Crippen molar-refractivity contribution in [1.82, 2.24) is 14.9 Å². The van der Waals surface area contributed by atoms with Crippen molar-refractivity contribution in [2.45, 2.75) is 45.7 Å². The van der Waals surface area contributed by atoms with Gasteiger partial charge in [-0.3, -0.25) is 0 Å². The van der Waals surface area contributed by atoms with Gasteiger partial charge in [-0.1, -0.05) is 13.3 Å². The number of hydrogen-bond acceptors (Lipinski definition) is 2. The van der Waals surface area contributed by atoms with Gasteiger partial charge in [0.05, 0.1) is 11.7 Å². The summed E-state index contributed by atoms with van der Waals surface area (Å²) in [4.78, 5) is 4.61. The monoisotopic (exact) mass is 193 g/mol. The normalized spacial score (nSPS) is 21.7. The number of hydrogen-bond donors (Lipinski definition) is 1. The molecule has 78 valence electrons. The lowest BCUT2D eigenvalue weighted by atomic mass is 10.1.